The number of thioether (sulfide) groups is 1. The lowest BCUT2D eigenvalue weighted by Gasteiger charge is -2.30. The number of carbonyl (C=O) groups excluding carboxylic acids is 15. The van der Waals surface area contributed by atoms with Gasteiger partial charge in [0.2, 0.25) is 88.6 Å². The second kappa shape index (κ2) is 42.9. The Balaban J connectivity index is 1.07. The second-order valence-corrected chi connectivity index (χ2v) is 32.8. The van der Waals surface area contributed by atoms with Crippen LogP contribution in [0.1, 0.15) is 95.5 Å². The number of carboxylic acid groups (broad SMARTS) is 1. The van der Waals surface area contributed by atoms with Gasteiger partial charge in [0, 0.05) is 114 Å². The van der Waals surface area contributed by atoms with Crippen molar-refractivity contribution >= 4 is 161 Å². The Morgan fingerprint density at radius 1 is 0.597 bits per heavy atom. The number of benzene rings is 3. The van der Waals surface area contributed by atoms with Gasteiger partial charge in [-0.3, -0.25) is 76.7 Å². The third kappa shape index (κ3) is 25.0. The number of aliphatic carboxylic acids is 1. The predicted octanol–water partition coefficient (Wildman–Crippen LogP) is -1.62. The number of imidazole rings is 1. The maximum atomic E-state index is 15.3. The molecule has 0 unspecified atom stereocenters. The van der Waals surface area contributed by atoms with Gasteiger partial charge in [-0.05, 0) is 85.9 Å². The van der Waals surface area contributed by atoms with E-state index in [2.05, 4.69) is 88.7 Å². The van der Waals surface area contributed by atoms with E-state index in [0.29, 0.717) is 61.6 Å². The van der Waals surface area contributed by atoms with Crippen LogP contribution in [0.25, 0.3) is 32.7 Å². The highest BCUT2D eigenvalue weighted by Crippen LogP contribution is 2.28. The highest BCUT2D eigenvalue weighted by Gasteiger charge is 2.42. The summed E-state index contributed by atoms with van der Waals surface area (Å²) in [6, 6.07) is -0.243. The fourth-order valence-electron chi connectivity index (χ4n) is 13.8. The van der Waals surface area contributed by atoms with Gasteiger partial charge in [0.15, 0.2) is 0 Å². The number of hydrogen-bond donors (Lipinski definition) is 20. The number of primary amides is 2. The minimum Gasteiger partial charge on any atom is -0.481 e. The summed E-state index contributed by atoms with van der Waals surface area (Å²) in [6.45, 7) is 6.88. The van der Waals surface area contributed by atoms with Crippen molar-refractivity contribution in [3.8, 4) is 0 Å². The number of nitrogens with one attached hydrogen (secondary N) is 16. The van der Waals surface area contributed by atoms with Gasteiger partial charge in [0.25, 0.3) is 0 Å². The molecular weight excluding hydrogens is 1600 g/mol. The van der Waals surface area contributed by atoms with Gasteiger partial charge in [-0.15, -0.1) is 0 Å². The molecule has 9 rings (SSSR count). The number of rotatable bonds is 31. The lowest BCUT2D eigenvalue weighted by Crippen LogP contribution is -2.63. The van der Waals surface area contributed by atoms with Crippen molar-refractivity contribution in [2.24, 2.45) is 17.4 Å². The topological polar surface area (TPSA) is 589 Å². The molecule has 2 saturated heterocycles. The number of carboxylic acids is 1. The maximum absolute atomic E-state index is 15.3. The fourth-order valence-corrected chi connectivity index (χ4v) is 16.6. The second-order valence-electron chi connectivity index (χ2n) is 29.3. The summed E-state index contributed by atoms with van der Waals surface area (Å²) in [6.07, 6.45) is 5.14. The third-order valence-corrected chi connectivity index (χ3v) is 23.5. The Morgan fingerprint density at radius 3 is 1.69 bits per heavy atom. The van der Waals surface area contributed by atoms with E-state index in [1.807, 2.05) is 0 Å². The standard InChI is InChI=1S/C78H100N20O18S3/c1-7-38(2)64(96-77(115)65(40(4)99)97-73(111)54(26-43-32-83-50-19-12-9-16-47(43)50)89-68(106)52(22-24-117-6)87-41(5)100)76(114)95-59-35-118-119-36-60(75(113)93-58(78(116)98-23-14-21-61(98)66(80)104)27-44-33-84-51-20-13-10-17-48(44)51)94-72(110)57(30-63(102)103)92-70(108)55(28-45-34-81-37-85-45)91-69(107)53(25-42-31-82-49-18-11-8-15-46(42)49)90-71(109)56(29-62(79)101)88-67(105)39(3)86-74(59)112/h8-13,15-20,31-34,37-40,52-61,64-65,82-84,99H,7,14,21-30,35-36H2,1-6H3,(H2,79,101)(H2,80,104)(H,81,85)(H,86,112)(H,87,100)(H,88,105)(H,89,106)(H,90,109)(H,91,107)(H,92,108)(H,93,113)(H,94,110)(H,95,114)(H,96,115)(H,97,111)(H,102,103)/t38-,39-,40+,52-,53-,54-,55-,56-,57-,58-,59-,60-,61-,64-,65-/m0/s1. The summed E-state index contributed by atoms with van der Waals surface area (Å²) >= 11 is 1.41. The van der Waals surface area contributed by atoms with Crippen LogP contribution >= 0.6 is 33.3 Å². The van der Waals surface area contributed by atoms with Crippen LogP contribution in [0.2, 0.25) is 0 Å². The van der Waals surface area contributed by atoms with E-state index in [1.165, 1.54) is 50.0 Å². The van der Waals surface area contributed by atoms with E-state index >= 15 is 24.0 Å². The number of aliphatic hydroxyl groups excluding tert-OH is 1. The van der Waals surface area contributed by atoms with Crippen LogP contribution in [0.4, 0.5) is 0 Å². The van der Waals surface area contributed by atoms with E-state index in [0.717, 1.165) is 21.6 Å². The van der Waals surface area contributed by atoms with Gasteiger partial charge in [-0.25, -0.2) is 4.98 Å². The van der Waals surface area contributed by atoms with Crippen LogP contribution < -0.4 is 75.3 Å². The first-order valence-electron chi connectivity index (χ1n) is 38.6. The molecule has 15 atom stereocenters. The number of nitrogens with two attached hydrogens (primary N) is 2. The van der Waals surface area contributed by atoms with Crippen LogP contribution in [0, 0.1) is 5.92 Å². The Labute approximate surface area is 694 Å². The van der Waals surface area contributed by atoms with Crippen molar-refractivity contribution in [2.45, 2.75) is 183 Å². The first-order valence-corrected chi connectivity index (χ1v) is 42.4. The quantitative estimate of drug-likeness (QED) is 0.0217. The molecular formula is C78H100N20O18S3. The average molecular weight is 1700 g/mol. The third-order valence-electron chi connectivity index (χ3n) is 20.4. The first kappa shape index (κ1) is 90.9. The largest absolute Gasteiger partial charge is 0.481 e. The summed E-state index contributed by atoms with van der Waals surface area (Å²) in [5.41, 5.74) is 15.2. The molecule has 41 heteroatoms. The minimum absolute atomic E-state index is 0.0613. The zero-order valence-corrected chi connectivity index (χ0v) is 68.5. The number of amides is 15. The molecule has 2 aliphatic heterocycles. The van der Waals surface area contributed by atoms with Crippen LogP contribution in [0.3, 0.4) is 0 Å². The average Bonchev–Trinajstić information content (AvgIpc) is 1.75. The number of hydrogen-bond acceptors (Lipinski definition) is 21. The Bertz CT molecular complexity index is 4860. The number of likely N-dealkylation sites (tertiary alicyclic amines) is 1. The number of fused-ring (bicyclic) bond motifs is 3. The SMILES string of the molecule is CC[C@H](C)[C@H](NC(=O)[C@@H](NC(=O)[C@H](Cc1c[nH]c2ccccc12)NC(=O)[C@H](CCSC)NC(C)=O)[C@@H](C)O)C(=O)N[C@H]1CSSC[C@@H](C(=O)N[C@@H](Cc2c[nH]c3ccccc23)C(=O)N2CCC[C@H]2C(N)=O)NC(=O)[C@H](CC(=O)O)NC(=O)[C@H](Cc2cnc[nH]2)NC(=O)[C@H](Cc2c[nH]c3ccccc23)NC(=O)[C@H](CC(N)=O)NC(=O)[C@H](C)NC1=O. The predicted molar refractivity (Wildman–Crippen MR) is 442 cm³/mol. The first-order chi connectivity index (χ1) is 56.8. The molecule has 7 aromatic rings. The molecule has 3 aromatic carbocycles. The van der Waals surface area contributed by atoms with Crippen LogP contribution in [0.15, 0.2) is 104 Å². The number of carbonyl (C=O) groups is 16. The number of nitrogens with zero attached hydrogens (tertiary/aromatic N) is 2. The van der Waals surface area contributed by atoms with Gasteiger partial charge in [-0.1, -0.05) is 96.5 Å². The summed E-state index contributed by atoms with van der Waals surface area (Å²) in [4.78, 5) is 247. The fraction of sp³-hybridized carbons (Fsp3) is 0.449. The van der Waals surface area contributed by atoms with Crippen LogP contribution in [-0.2, 0) is 102 Å². The Hall–Kier alpha value is -12.0. The number of aromatic nitrogens is 5. The molecule has 0 radical (unpaired) electrons. The van der Waals surface area contributed by atoms with Crippen molar-refractivity contribution in [2.75, 3.05) is 30.1 Å². The van der Waals surface area contributed by atoms with Gasteiger partial charge in [-0.2, -0.15) is 11.8 Å². The van der Waals surface area contributed by atoms with Gasteiger partial charge < -0.3 is 110 Å². The van der Waals surface area contributed by atoms with E-state index in [1.54, 1.807) is 111 Å². The Kier molecular flexibility index (Phi) is 32.8. The molecule has 6 heterocycles. The van der Waals surface area contributed by atoms with Gasteiger partial charge in [0.1, 0.15) is 78.5 Å². The highest BCUT2D eigenvalue weighted by atomic mass is 33.1. The summed E-state index contributed by atoms with van der Waals surface area (Å²) in [5.74, 6) is -18.3. The summed E-state index contributed by atoms with van der Waals surface area (Å²) < 4.78 is 0. The molecule has 15 amide bonds. The maximum Gasteiger partial charge on any atom is 0.305 e. The number of para-hydroxylation sites is 3. The minimum atomic E-state index is -2.08. The number of aliphatic hydroxyl groups is 1. The zero-order chi connectivity index (χ0) is 86.3. The molecule has 0 saturated carbocycles. The monoisotopic (exact) mass is 1700 g/mol. The summed E-state index contributed by atoms with van der Waals surface area (Å²) in [5, 5.41) is 54.5. The van der Waals surface area contributed by atoms with Crippen molar-refractivity contribution < 1.29 is 86.9 Å². The van der Waals surface area contributed by atoms with Crippen LogP contribution in [-0.4, -0.2) is 249 Å². The molecule has 22 N–H and O–H groups in total. The molecule has 2 fully saturated rings. The molecule has 119 heavy (non-hydrogen) atoms. The van der Waals surface area contributed by atoms with E-state index in [4.69, 9.17) is 11.5 Å². The Morgan fingerprint density at radius 2 is 1.13 bits per heavy atom. The van der Waals surface area contributed by atoms with Crippen LogP contribution in [0.5, 0.6) is 0 Å². The molecule has 4 aromatic heterocycles. The highest BCUT2D eigenvalue weighted by molar-refractivity contribution is 8.76. The van der Waals surface area contributed by atoms with Crippen molar-refractivity contribution in [3.63, 3.8) is 0 Å². The van der Waals surface area contributed by atoms with Crippen molar-refractivity contribution in [1.82, 2.24) is 93.6 Å². The lowest BCUT2D eigenvalue weighted by atomic mass is 9.97. The normalized spacial score (nSPS) is 21.2. The molecule has 38 nitrogen and oxygen atoms in total. The molecule has 0 aliphatic carbocycles. The number of aromatic amines is 4. The molecule has 0 spiro atoms. The lowest BCUT2D eigenvalue weighted by molar-refractivity contribution is -0.142. The molecule has 638 valence electrons. The van der Waals surface area contributed by atoms with E-state index in [9.17, 15) is 63.0 Å². The smallest absolute Gasteiger partial charge is 0.305 e. The van der Waals surface area contributed by atoms with Crippen molar-refractivity contribution in [1.29, 1.82) is 0 Å². The van der Waals surface area contributed by atoms with Crippen molar-refractivity contribution in [3.05, 3.63) is 126 Å². The summed E-state index contributed by atoms with van der Waals surface area (Å²) in [7, 11) is 1.55. The number of H-pyrrole nitrogens is 4. The zero-order valence-electron chi connectivity index (χ0n) is 66.1. The van der Waals surface area contributed by atoms with E-state index < -0.39 is 216 Å². The molecule has 2 aliphatic rings. The van der Waals surface area contributed by atoms with Gasteiger partial charge in [0.05, 0.1) is 25.3 Å². The van der Waals surface area contributed by atoms with E-state index in [-0.39, 0.29) is 50.8 Å². The van der Waals surface area contributed by atoms with Gasteiger partial charge >= 0.3 is 5.97 Å². The molecule has 0 bridgehead atoms.